The highest BCUT2D eigenvalue weighted by molar-refractivity contribution is 5.73. The van der Waals surface area contributed by atoms with Crippen molar-refractivity contribution in [2.24, 2.45) is 5.73 Å². The van der Waals surface area contributed by atoms with E-state index in [1.165, 1.54) is 18.4 Å². The van der Waals surface area contributed by atoms with E-state index in [1.54, 1.807) is 0 Å². The molecule has 0 aromatic carbocycles. The van der Waals surface area contributed by atoms with E-state index in [0.717, 1.165) is 12.8 Å². The number of aliphatic carboxylic acids is 1. The summed E-state index contributed by atoms with van der Waals surface area (Å²) in [6.07, 6.45) is 7.17. The lowest BCUT2D eigenvalue weighted by atomic mass is 9.95. The van der Waals surface area contributed by atoms with E-state index in [1.807, 2.05) is 0 Å². The number of nitrogens with two attached hydrogens (primary N) is 1. The quantitative estimate of drug-likeness (QED) is 0.626. The number of hydrogen-bond donors (Lipinski definition) is 2. The minimum absolute atomic E-state index is 0.523. The molecular weight excluding hydrogens is 154 g/mol. The summed E-state index contributed by atoms with van der Waals surface area (Å²) in [5.74, 6) is -0.901. The van der Waals surface area contributed by atoms with Gasteiger partial charge in [0, 0.05) is 0 Å². The fraction of sp³-hybridized carbons (Fsp3) is 0.667. The first kappa shape index (κ1) is 9.26. The van der Waals surface area contributed by atoms with Crippen LogP contribution in [-0.2, 0) is 4.79 Å². The summed E-state index contributed by atoms with van der Waals surface area (Å²) < 4.78 is 0. The Hall–Kier alpha value is -0.830. The Labute approximate surface area is 72.3 Å². The van der Waals surface area contributed by atoms with Gasteiger partial charge in [0.25, 0.3) is 0 Å². The van der Waals surface area contributed by atoms with Gasteiger partial charge in [0.2, 0.25) is 0 Å². The van der Waals surface area contributed by atoms with Crippen LogP contribution in [0.4, 0.5) is 0 Å². The SMILES string of the molecule is N[C@H](CC1=CCCCC1)C(=O)O. The van der Waals surface area contributed by atoms with Crippen LogP contribution in [0.5, 0.6) is 0 Å². The van der Waals surface area contributed by atoms with Gasteiger partial charge in [-0.25, -0.2) is 0 Å². The highest BCUT2D eigenvalue weighted by atomic mass is 16.4. The Bertz CT molecular complexity index is 199. The predicted octanol–water partition coefficient (Wildman–Crippen LogP) is 1.29. The van der Waals surface area contributed by atoms with Crippen molar-refractivity contribution in [2.45, 2.75) is 38.1 Å². The molecule has 1 aliphatic carbocycles. The summed E-state index contributed by atoms with van der Waals surface area (Å²) in [6, 6.07) is -0.714. The van der Waals surface area contributed by atoms with Gasteiger partial charge in [0.1, 0.15) is 6.04 Å². The molecule has 0 aromatic heterocycles. The molecular formula is C9H15NO2. The molecule has 0 aliphatic heterocycles. The molecule has 0 saturated heterocycles. The molecule has 0 bridgehead atoms. The van der Waals surface area contributed by atoms with Crippen LogP contribution in [0, 0.1) is 0 Å². The van der Waals surface area contributed by atoms with Crippen LogP contribution in [-0.4, -0.2) is 17.1 Å². The average molecular weight is 169 g/mol. The number of rotatable bonds is 3. The molecule has 0 fully saturated rings. The molecule has 3 N–H and O–H groups in total. The normalized spacial score (nSPS) is 19.9. The van der Waals surface area contributed by atoms with Gasteiger partial charge in [-0.15, -0.1) is 0 Å². The Morgan fingerprint density at radius 2 is 2.42 bits per heavy atom. The second-order valence-corrected chi connectivity index (χ2v) is 3.26. The van der Waals surface area contributed by atoms with Gasteiger partial charge < -0.3 is 10.8 Å². The van der Waals surface area contributed by atoms with Crippen LogP contribution >= 0.6 is 0 Å². The molecule has 0 heterocycles. The first-order valence-electron chi connectivity index (χ1n) is 4.36. The zero-order valence-electron chi connectivity index (χ0n) is 7.12. The molecule has 3 nitrogen and oxygen atoms in total. The van der Waals surface area contributed by atoms with Crippen LogP contribution in [0.2, 0.25) is 0 Å². The van der Waals surface area contributed by atoms with Crippen LogP contribution in [0.15, 0.2) is 11.6 Å². The van der Waals surface area contributed by atoms with E-state index in [0.29, 0.717) is 6.42 Å². The van der Waals surface area contributed by atoms with Crippen LogP contribution in [0.3, 0.4) is 0 Å². The third-order valence-corrected chi connectivity index (χ3v) is 2.18. The lowest BCUT2D eigenvalue weighted by Gasteiger charge is -2.14. The molecule has 0 unspecified atom stereocenters. The Balaban J connectivity index is 2.39. The second kappa shape index (κ2) is 4.26. The van der Waals surface area contributed by atoms with Crippen LogP contribution in [0.1, 0.15) is 32.1 Å². The fourth-order valence-corrected chi connectivity index (χ4v) is 1.46. The van der Waals surface area contributed by atoms with Crippen molar-refractivity contribution in [3.8, 4) is 0 Å². The van der Waals surface area contributed by atoms with E-state index >= 15 is 0 Å². The molecule has 3 heteroatoms. The Morgan fingerprint density at radius 3 is 2.92 bits per heavy atom. The number of carboxylic acids is 1. The highest BCUT2D eigenvalue weighted by Gasteiger charge is 2.14. The molecule has 0 amide bonds. The van der Waals surface area contributed by atoms with Crippen LogP contribution in [0.25, 0.3) is 0 Å². The van der Waals surface area contributed by atoms with Gasteiger partial charge in [-0.3, -0.25) is 4.79 Å². The maximum atomic E-state index is 10.4. The van der Waals surface area contributed by atoms with Gasteiger partial charge in [-0.1, -0.05) is 11.6 Å². The Kier molecular flexibility index (Phi) is 3.29. The van der Waals surface area contributed by atoms with E-state index in [-0.39, 0.29) is 0 Å². The van der Waals surface area contributed by atoms with Gasteiger partial charge >= 0.3 is 5.97 Å². The zero-order chi connectivity index (χ0) is 8.97. The Morgan fingerprint density at radius 1 is 1.67 bits per heavy atom. The molecule has 0 aromatic rings. The van der Waals surface area contributed by atoms with Crippen molar-refractivity contribution in [3.05, 3.63) is 11.6 Å². The third-order valence-electron chi connectivity index (χ3n) is 2.18. The smallest absolute Gasteiger partial charge is 0.320 e. The largest absolute Gasteiger partial charge is 0.480 e. The van der Waals surface area contributed by atoms with E-state index in [2.05, 4.69) is 6.08 Å². The zero-order valence-corrected chi connectivity index (χ0v) is 7.12. The maximum Gasteiger partial charge on any atom is 0.320 e. The first-order valence-corrected chi connectivity index (χ1v) is 4.36. The number of hydrogen-bond acceptors (Lipinski definition) is 2. The minimum atomic E-state index is -0.901. The molecule has 12 heavy (non-hydrogen) atoms. The first-order chi connectivity index (χ1) is 5.70. The minimum Gasteiger partial charge on any atom is -0.480 e. The molecule has 0 spiro atoms. The van der Waals surface area contributed by atoms with Gasteiger partial charge in [-0.05, 0) is 32.1 Å². The number of allylic oxidation sites excluding steroid dienone is 1. The van der Waals surface area contributed by atoms with Gasteiger partial charge in [0.05, 0.1) is 0 Å². The highest BCUT2D eigenvalue weighted by Crippen LogP contribution is 2.20. The summed E-state index contributed by atoms with van der Waals surface area (Å²) in [4.78, 5) is 10.4. The monoisotopic (exact) mass is 169 g/mol. The van der Waals surface area contributed by atoms with E-state index in [4.69, 9.17) is 10.8 Å². The number of carboxylic acid groups (broad SMARTS) is 1. The summed E-state index contributed by atoms with van der Waals surface area (Å²) in [5.41, 5.74) is 6.63. The maximum absolute atomic E-state index is 10.4. The van der Waals surface area contributed by atoms with Crippen molar-refractivity contribution in [1.29, 1.82) is 0 Å². The molecule has 1 atom stereocenters. The van der Waals surface area contributed by atoms with Gasteiger partial charge in [-0.2, -0.15) is 0 Å². The second-order valence-electron chi connectivity index (χ2n) is 3.26. The van der Waals surface area contributed by atoms with Crippen molar-refractivity contribution in [3.63, 3.8) is 0 Å². The summed E-state index contributed by atoms with van der Waals surface area (Å²) in [7, 11) is 0. The van der Waals surface area contributed by atoms with Crippen molar-refractivity contribution < 1.29 is 9.90 Å². The molecule has 0 saturated carbocycles. The summed E-state index contributed by atoms with van der Waals surface area (Å²) >= 11 is 0. The predicted molar refractivity (Wildman–Crippen MR) is 46.8 cm³/mol. The summed E-state index contributed by atoms with van der Waals surface area (Å²) in [5, 5.41) is 8.56. The van der Waals surface area contributed by atoms with Crippen molar-refractivity contribution >= 4 is 5.97 Å². The molecule has 68 valence electrons. The molecule has 0 radical (unpaired) electrons. The average Bonchev–Trinajstić information content (AvgIpc) is 2.06. The van der Waals surface area contributed by atoms with Gasteiger partial charge in [0.15, 0.2) is 0 Å². The fourth-order valence-electron chi connectivity index (χ4n) is 1.46. The van der Waals surface area contributed by atoms with Crippen molar-refractivity contribution in [2.75, 3.05) is 0 Å². The number of carbonyl (C=O) groups is 1. The van der Waals surface area contributed by atoms with E-state index in [9.17, 15) is 4.79 Å². The topological polar surface area (TPSA) is 63.3 Å². The van der Waals surface area contributed by atoms with Crippen LogP contribution < -0.4 is 5.73 Å². The lowest BCUT2D eigenvalue weighted by Crippen LogP contribution is -2.30. The summed E-state index contributed by atoms with van der Waals surface area (Å²) in [6.45, 7) is 0. The third kappa shape index (κ3) is 2.66. The van der Waals surface area contributed by atoms with E-state index < -0.39 is 12.0 Å². The molecule has 1 aliphatic rings. The standard InChI is InChI=1S/C9H15NO2/c10-8(9(11)12)6-7-4-2-1-3-5-7/h4,8H,1-3,5-6,10H2,(H,11,12)/t8-/m1/s1. The molecule has 1 rings (SSSR count). The van der Waals surface area contributed by atoms with Crippen molar-refractivity contribution in [1.82, 2.24) is 0 Å². The lowest BCUT2D eigenvalue weighted by molar-refractivity contribution is -0.138.